The van der Waals surface area contributed by atoms with Crippen molar-refractivity contribution in [3.63, 3.8) is 0 Å². The zero-order valence-electron chi connectivity index (χ0n) is 13.1. The van der Waals surface area contributed by atoms with E-state index in [0.29, 0.717) is 16.6 Å². The Balaban J connectivity index is 2.16. The van der Waals surface area contributed by atoms with Crippen LogP contribution in [0.2, 0.25) is 0 Å². The average Bonchev–Trinajstić information content (AvgIpc) is 2.56. The van der Waals surface area contributed by atoms with Crippen LogP contribution >= 0.6 is 15.9 Å². The number of anilines is 2. The maximum atomic E-state index is 13.7. The summed E-state index contributed by atoms with van der Waals surface area (Å²) in [4.78, 5) is 16.1. The number of rotatable bonds is 3. The molecule has 0 amide bonds. The van der Waals surface area contributed by atoms with Gasteiger partial charge in [-0.1, -0.05) is 6.07 Å². The second-order valence-electron chi connectivity index (χ2n) is 5.32. The molecule has 0 aliphatic heterocycles. The minimum Gasteiger partial charge on any atom is -0.464 e. The van der Waals surface area contributed by atoms with Crippen molar-refractivity contribution in [2.24, 2.45) is 0 Å². The number of aryl methyl sites for hydroxylation is 1. The van der Waals surface area contributed by atoms with Crippen LogP contribution in [-0.4, -0.2) is 18.1 Å². The molecule has 0 spiro atoms. The molecule has 0 saturated carbocycles. The molecule has 4 nitrogen and oxygen atoms in total. The lowest BCUT2D eigenvalue weighted by molar-refractivity contribution is 0.0594. The first-order valence-electron chi connectivity index (χ1n) is 7.20. The van der Waals surface area contributed by atoms with Crippen LogP contribution in [0.25, 0.3) is 10.9 Å². The molecule has 3 aromatic rings. The van der Waals surface area contributed by atoms with Crippen molar-refractivity contribution in [2.75, 3.05) is 12.4 Å². The second-order valence-corrected chi connectivity index (χ2v) is 6.17. The van der Waals surface area contributed by atoms with Gasteiger partial charge in [-0.3, -0.25) is 0 Å². The molecule has 0 aliphatic carbocycles. The van der Waals surface area contributed by atoms with Crippen molar-refractivity contribution >= 4 is 44.2 Å². The average molecular weight is 389 g/mol. The number of carbonyl (C=O) groups excluding carboxylic acids is 1. The van der Waals surface area contributed by atoms with E-state index < -0.39 is 5.97 Å². The summed E-state index contributed by atoms with van der Waals surface area (Å²) >= 11 is 3.50. The smallest absolute Gasteiger partial charge is 0.356 e. The van der Waals surface area contributed by atoms with Gasteiger partial charge in [0.15, 0.2) is 5.69 Å². The largest absolute Gasteiger partial charge is 0.464 e. The zero-order chi connectivity index (χ0) is 17.3. The Labute approximate surface area is 146 Å². The van der Waals surface area contributed by atoms with Gasteiger partial charge in [0.2, 0.25) is 0 Å². The van der Waals surface area contributed by atoms with Gasteiger partial charge in [-0.05, 0) is 64.8 Å². The van der Waals surface area contributed by atoms with Crippen LogP contribution in [0.3, 0.4) is 0 Å². The number of benzene rings is 2. The van der Waals surface area contributed by atoms with Gasteiger partial charge in [0, 0.05) is 9.86 Å². The standard InChI is InChI=1S/C18H14BrFN2O2/c1-10-3-5-15(13(19)7-10)22-16-9-17(18(23)24-2)21-14-6-4-11(20)8-12(14)16/h3-9H,1-2H3,(H,21,22). The van der Waals surface area contributed by atoms with E-state index in [1.165, 1.54) is 25.3 Å². The molecule has 24 heavy (non-hydrogen) atoms. The summed E-state index contributed by atoms with van der Waals surface area (Å²) < 4.78 is 19.3. The van der Waals surface area contributed by atoms with Crippen molar-refractivity contribution in [2.45, 2.75) is 6.92 Å². The fourth-order valence-corrected chi connectivity index (χ4v) is 2.97. The van der Waals surface area contributed by atoms with Gasteiger partial charge < -0.3 is 10.1 Å². The maximum absolute atomic E-state index is 13.7. The summed E-state index contributed by atoms with van der Waals surface area (Å²) in [5, 5.41) is 3.81. The number of methoxy groups -OCH3 is 1. The lowest BCUT2D eigenvalue weighted by Crippen LogP contribution is -2.06. The summed E-state index contributed by atoms with van der Waals surface area (Å²) in [6, 6.07) is 11.6. The van der Waals surface area contributed by atoms with E-state index in [4.69, 9.17) is 4.74 Å². The van der Waals surface area contributed by atoms with Gasteiger partial charge in [-0.25, -0.2) is 14.2 Å². The number of nitrogens with zero attached hydrogens (tertiary/aromatic N) is 1. The van der Waals surface area contributed by atoms with Crippen molar-refractivity contribution < 1.29 is 13.9 Å². The van der Waals surface area contributed by atoms with Crippen LogP contribution in [-0.2, 0) is 4.74 Å². The zero-order valence-corrected chi connectivity index (χ0v) is 14.6. The molecule has 6 heteroatoms. The predicted octanol–water partition coefficient (Wildman–Crippen LogP) is 4.98. The molecule has 0 fully saturated rings. The molecule has 2 aromatic carbocycles. The quantitative estimate of drug-likeness (QED) is 0.643. The maximum Gasteiger partial charge on any atom is 0.356 e. The molecular weight excluding hydrogens is 375 g/mol. The first kappa shape index (κ1) is 16.4. The summed E-state index contributed by atoms with van der Waals surface area (Å²) in [5.41, 5.74) is 3.14. The molecule has 1 aromatic heterocycles. The third-order valence-corrected chi connectivity index (χ3v) is 4.22. The van der Waals surface area contributed by atoms with E-state index in [1.54, 1.807) is 6.07 Å². The molecular formula is C18H14BrFN2O2. The van der Waals surface area contributed by atoms with Crippen molar-refractivity contribution in [1.29, 1.82) is 0 Å². The number of fused-ring (bicyclic) bond motifs is 1. The molecule has 0 aliphatic rings. The summed E-state index contributed by atoms with van der Waals surface area (Å²) in [6.45, 7) is 1.99. The fraction of sp³-hybridized carbons (Fsp3) is 0.111. The molecule has 0 unspecified atom stereocenters. The van der Waals surface area contributed by atoms with Gasteiger partial charge in [-0.2, -0.15) is 0 Å². The highest BCUT2D eigenvalue weighted by molar-refractivity contribution is 9.10. The van der Waals surface area contributed by atoms with Gasteiger partial charge >= 0.3 is 5.97 Å². The van der Waals surface area contributed by atoms with Crippen LogP contribution < -0.4 is 5.32 Å². The number of ether oxygens (including phenoxy) is 1. The molecule has 1 N–H and O–H groups in total. The predicted molar refractivity (Wildman–Crippen MR) is 95.2 cm³/mol. The van der Waals surface area contributed by atoms with E-state index in [2.05, 4.69) is 26.2 Å². The lowest BCUT2D eigenvalue weighted by Gasteiger charge is -2.13. The Morgan fingerprint density at radius 2 is 1.96 bits per heavy atom. The van der Waals surface area contributed by atoms with E-state index in [0.717, 1.165) is 15.7 Å². The fourth-order valence-electron chi connectivity index (χ4n) is 2.38. The minimum absolute atomic E-state index is 0.155. The van der Waals surface area contributed by atoms with E-state index >= 15 is 0 Å². The summed E-state index contributed by atoms with van der Waals surface area (Å²) in [5.74, 6) is -0.923. The van der Waals surface area contributed by atoms with E-state index in [9.17, 15) is 9.18 Å². The number of pyridine rings is 1. The molecule has 122 valence electrons. The number of aromatic nitrogens is 1. The minimum atomic E-state index is -0.549. The Morgan fingerprint density at radius 1 is 1.17 bits per heavy atom. The first-order valence-corrected chi connectivity index (χ1v) is 7.99. The topological polar surface area (TPSA) is 51.2 Å². The number of esters is 1. The van der Waals surface area contributed by atoms with Crippen molar-refractivity contribution in [3.05, 3.63) is 64.0 Å². The lowest BCUT2D eigenvalue weighted by atomic mass is 10.1. The molecule has 0 atom stereocenters. The SMILES string of the molecule is COC(=O)c1cc(Nc2ccc(C)cc2Br)c2cc(F)ccc2n1. The van der Waals surface area contributed by atoms with Gasteiger partial charge in [0.25, 0.3) is 0 Å². The van der Waals surface area contributed by atoms with Crippen LogP contribution in [0.4, 0.5) is 15.8 Å². The van der Waals surface area contributed by atoms with Crippen molar-refractivity contribution in [3.8, 4) is 0 Å². The molecule has 1 heterocycles. The number of hydrogen-bond acceptors (Lipinski definition) is 4. The van der Waals surface area contributed by atoms with Crippen LogP contribution in [0.15, 0.2) is 46.9 Å². The Bertz CT molecular complexity index is 944. The van der Waals surface area contributed by atoms with Gasteiger partial charge in [0.05, 0.1) is 24.0 Å². The van der Waals surface area contributed by atoms with E-state index in [1.807, 2.05) is 25.1 Å². The molecule has 3 rings (SSSR count). The van der Waals surface area contributed by atoms with Crippen LogP contribution in [0.1, 0.15) is 16.1 Å². The van der Waals surface area contributed by atoms with Crippen LogP contribution in [0, 0.1) is 12.7 Å². The normalized spacial score (nSPS) is 10.7. The Morgan fingerprint density at radius 3 is 2.67 bits per heavy atom. The molecule has 0 saturated heterocycles. The number of hydrogen-bond donors (Lipinski definition) is 1. The van der Waals surface area contributed by atoms with Crippen LogP contribution in [0.5, 0.6) is 0 Å². The first-order chi connectivity index (χ1) is 11.5. The van der Waals surface area contributed by atoms with Crippen molar-refractivity contribution in [1.82, 2.24) is 4.98 Å². The third kappa shape index (κ3) is 3.23. The number of nitrogens with one attached hydrogen (secondary N) is 1. The highest BCUT2D eigenvalue weighted by atomic mass is 79.9. The monoisotopic (exact) mass is 388 g/mol. The summed E-state index contributed by atoms with van der Waals surface area (Å²) in [6.07, 6.45) is 0. The molecule has 0 bridgehead atoms. The Kier molecular flexibility index (Phi) is 4.49. The van der Waals surface area contributed by atoms with E-state index in [-0.39, 0.29) is 11.5 Å². The highest BCUT2D eigenvalue weighted by Gasteiger charge is 2.14. The molecule has 0 radical (unpaired) electrons. The number of halogens is 2. The Hall–Kier alpha value is -2.47. The van der Waals surface area contributed by atoms with Gasteiger partial charge in [0.1, 0.15) is 5.82 Å². The third-order valence-electron chi connectivity index (χ3n) is 3.56. The highest BCUT2D eigenvalue weighted by Crippen LogP contribution is 2.31. The second kappa shape index (κ2) is 6.57. The van der Waals surface area contributed by atoms with Gasteiger partial charge in [-0.15, -0.1) is 0 Å². The number of carbonyl (C=O) groups is 1. The summed E-state index contributed by atoms with van der Waals surface area (Å²) in [7, 11) is 1.29.